The fourth-order valence-corrected chi connectivity index (χ4v) is 2.42. The van der Waals surface area contributed by atoms with Gasteiger partial charge in [-0.15, -0.1) is 0 Å². The van der Waals surface area contributed by atoms with E-state index in [0.29, 0.717) is 6.54 Å². The Labute approximate surface area is 99.1 Å². The lowest BCUT2D eigenvalue weighted by molar-refractivity contribution is -0.204. The van der Waals surface area contributed by atoms with Gasteiger partial charge in [0.05, 0.1) is 18.8 Å². The smallest absolute Gasteiger partial charge is 0.220 e. The molecule has 2 aliphatic rings. The van der Waals surface area contributed by atoms with Gasteiger partial charge in [-0.1, -0.05) is 12.2 Å². The standard InChI is InChI=1S/C11H17NO5/c1-6(14)12-4-2-3-7-9(12)11(16)10(15)8(5-13)17-7/h2-3,7-11,13,15-16H,4-5H2,1H3/t7-,8+,9+,10-,11+/m0/s1. The minimum atomic E-state index is -1.19. The van der Waals surface area contributed by atoms with Gasteiger partial charge >= 0.3 is 0 Å². The Morgan fingerprint density at radius 3 is 2.76 bits per heavy atom. The maximum atomic E-state index is 11.5. The fraction of sp³-hybridized carbons (Fsp3) is 0.727. The lowest BCUT2D eigenvalue weighted by atomic mass is 9.89. The van der Waals surface area contributed by atoms with E-state index in [1.165, 1.54) is 11.8 Å². The second-order valence-corrected chi connectivity index (χ2v) is 4.39. The average molecular weight is 243 g/mol. The van der Waals surface area contributed by atoms with Gasteiger partial charge in [0.25, 0.3) is 0 Å². The second kappa shape index (κ2) is 4.73. The molecule has 1 fully saturated rings. The number of fused-ring (bicyclic) bond motifs is 1. The van der Waals surface area contributed by atoms with Crippen LogP contribution in [-0.4, -0.2) is 69.7 Å². The van der Waals surface area contributed by atoms with Gasteiger partial charge in [0, 0.05) is 13.5 Å². The van der Waals surface area contributed by atoms with Crippen LogP contribution in [0.2, 0.25) is 0 Å². The summed E-state index contributed by atoms with van der Waals surface area (Å²) < 4.78 is 5.46. The van der Waals surface area contributed by atoms with Gasteiger partial charge in [-0.05, 0) is 0 Å². The summed E-state index contributed by atoms with van der Waals surface area (Å²) >= 11 is 0. The molecule has 0 saturated carbocycles. The Hall–Kier alpha value is -0.950. The van der Waals surface area contributed by atoms with Crippen LogP contribution in [0.5, 0.6) is 0 Å². The van der Waals surface area contributed by atoms with Gasteiger partial charge in [-0.2, -0.15) is 0 Å². The van der Waals surface area contributed by atoms with Crippen LogP contribution < -0.4 is 0 Å². The Morgan fingerprint density at radius 1 is 1.47 bits per heavy atom. The molecule has 3 N–H and O–H groups in total. The predicted molar refractivity (Wildman–Crippen MR) is 58.1 cm³/mol. The quantitative estimate of drug-likeness (QED) is 0.475. The molecule has 6 nitrogen and oxygen atoms in total. The van der Waals surface area contributed by atoms with E-state index in [4.69, 9.17) is 9.84 Å². The van der Waals surface area contributed by atoms with Crippen LogP contribution in [-0.2, 0) is 9.53 Å². The summed E-state index contributed by atoms with van der Waals surface area (Å²) in [5.41, 5.74) is 0. The molecule has 0 bridgehead atoms. The molecule has 0 aromatic carbocycles. The van der Waals surface area contributed by atoms with Crippen molar-refractivity contribution >= 4 is 5.91 Å². The van der Waals surface area contributed by atoms with Crippen LogP contribution >= 0.6 is 0 Å². The molecule has 1 amide bonds. The number of rotatable bonds is 1. The third-order valence-corrected chi connectivity index (χ3v) is 3.32. The number of nitrogens with zero attached hydrogens (tertiary/aromatic N) is 1. The topological polar surface area (TPSA) is 90.2 Å². The Morgan fingerprint density at radius 2 is 2.18 bits per heavy atom. The minimum absolute atomic E-state index is 0.179. The highest BCUT2D eigenvalue weighted by Crippen LogP contribution is 2.28. The molecular formula is C11H17NO5. The van der Waals surface area contributed by atoms with E-state index >= 15 is 0 Å². The average Bonchev–Trinajstić information content (AvgIpc) is 2.32. The van der Waals surface area contributed by atoms with E-state index in [2.05, 4.69) is 0 Å². The summed E-state index contributed by atoms with van der Waals surface area (Å²) in [6, 6.07) is -0.588. The second-order valence-electron chi connectivity index (χ2n) is 4.39. The van der Waals surface area contributed by atoms with Gasteiger partial charge in [0.1, 0.15) is 18.3 Å². The third kappa shape index (κ3) is 2.09. The van der Waals surface area contributed by atoms with Gasteiger partial charge in [-0.3, -0.25) is 4.79 Å². The molecular weight excluding hydrogens is 226 g/mol. The van der Waals surface area contributed by atoms with Crippen LogP contribution in [0.1, 0.15) is 6.92 Å². The summed E-state index contributed by atoms with van der Waals surface area (Å²) in [4.78, 5) is 12.9. The lowest BCUT2D eigenvalue weighted by Gasteiger charge is -2.47. The van der Waals surface area contributed by atoms with Crippen molar-refractivity contribution in [1.29, 1.82) is 0 Å². The lowest BCUT2D eigenvalue weighted by Crippen LogP contribution is -2.65. The summed E-state index contributed by atoms with van der Waals surface area (Å²) in [5, 5.41) is 28.8. The molecule has 0 aromatic heterocycles. The number of aliphatic hydroxyl groups excluding tert-OH is 3. The summed E-state index contributed by atoms with van der Waals surface area (Å²) in [6.07, 6.45) is -0.0659. The molecule has 96 valence electrons. The number of carbonyl (C=O) groups excluding carboxylic acids is 1. The van der Waals surface area contributed by atoms with Crippen molar-refractivity contribution in [2.45, 2.75) is 37.4 Å². The molecule has 0 radical (unpaired) electrons. The molecule has 0 aromatic rings. The Balaban J connectivity index is 2.24. The number of hydrogen-bond donors (Lipinski definition) is 3. The molecule has 6 heteroatoms. The summed E-state index contributed by atoms with van der Waals surface area (Å²) in [7, 11) is 0. The van der Waals surface area contributed by atoms with E-state index in [-0.39, 0.29) is 12.5 Å². The van der Waals surface area contributed by atoms with Crippen molar-refractivity contribution < 1.29 is 24.9 Å². The van der Waals surface area contributed by atoms with Crippen molar-refractivity contribution in [1.82, 2.24) is 4.90 Å². The number of carbonyl (C=O) groups is 1. The molecule has 0 unspecified atom stereocenters. The van der Waals surface area contributed by atoms with Gasteiger partial charge in [0.2, 0.25) is 5.91 Å². The van der Waals surface area contributed by atoms with Crippen LogP contribution in [0.15, 0.2) is 12.2 Å². The third-order valence-electron chi connectivity index (χ3n) is 3.32. The maximum absolute atomic E-state index is 11.5. The predicted octanol–water partition coefficient (Wildman–Crippen LogP) is -1.75. The number of amides is 1. The van der Waals surface area contributed by atoms with Crippen molar-refractivity contribution in [2.24, 2.45) is 0 Å². The van der Waals surface area contributed by atoms with Crippen LogP contribution in [0, 0.1) is 0 Å². The van der Waals surface area contributed by atoms with Crippen molar-refractivity contribution in [3.05, 3.63) is 12.2 Å². The largest absolute Gasteiger partial charge is 0.394 e. The van der Waals surface area contributed by atoms with E-state index in [1.54, 1.807) is 12.2 Å². The Bertz CT molecular complexity index is 332. The van der Waals surface area contributed by atoms with Gasteiger partial charge in [-0.25, -0.2) is 0 Å². The van der Waals surface area contributed by atoms with Crippen LogP contribution in [0.4, 0.5) is 0 Å². The number of ether oxygens (including phenoxy) is 1. The first-order valence-electron chi connectivity index (χ1n) is 5.62. The molecule has 2 aliphatic heterocycles. The zero-order valence-electron chi connectivity index (χ0n) is 9.56. The van der Waals surface area contributed by atoms with Crippen LogP contribution in [0.25, 0.3) is 0 Å². The first-order valence-corrected chi connectivity index (χ1v) is 5.62. The normalized spacial score (nSPS) is 41.2. The first-order chi connectivity index (χ1) is 8.06. The highest BCUT2D eigenvalue weighted by atomic mass is 16.5. The zero-order chi connectivity index (χ0) is 12.6. The molecule has 2 rings (SSSR count). The highest BCUT2D eigenvalue weighted by Gasteiger charge is 2.47. The van der Waals surface area contributed by atoms with Crippen molar-refractivity contribution in [2.75, 3.05) is 13.2 Å². The number of hydrogen-bond acceptors (Lipinski definition) is 5. The van der Waals surface area contributed by atoms with Gasteiger partial charge in [0.15, 0.2) is 0 Å². The van der Waals surface area contributed by atoms with E-state index < -0.39 is 30.5 Å². The zero-order valence-corrected chi connectivity index (χ0v) is 9.56. The van der Waals surface area contributed by atoms with E-state index in [9.17, 15) is 15.0 Å². The number of aliphatic hydroxyl groups is 3. The fourth-order valence-electron chi connectivity index (χ4n) is 2.42. The molecule has 2 heterocycles. The SMILES string of the molecule is CC(=O)N1CC=C[C@@H]2O[C@H](CO)[C@H](O)[C@H](O)[C@@H]21. The highest BCUT2D eigenvalue weighted by molar-refractivity contribution is 5.74. The van der Waals surface area contributed by atoms with E-state index in [0.717, 1.165) is 0 Å². The monoisotopic (exact) mass is 243 g/mol. The molecule has 0 aliphatic carbocycles. The molecule has 5 atom stereocenters. The summed E-state index contributed by atoms with van der Waals surface area (Å²) in [5.74, 6) is -0.179. The van der Waals surface area contributed by atoms with Crippen molar-refractivity contribution in [3.8, 4) is 0 Å². The van der Waals surface area contributed by atoms with Gasteiger partial charge < -0.3 is 25.0 Å². The molecule has 1 saturated heterocycles. The Kier molecular flexibility index (Phi) is 3.48. The molecule has 0 spiro atoms. The summed E-state index contributed by atoms with van der Waals surface area (Å²) in [6.45, 7) is 1.44. The maximum Gasteiger partial charge on any atom is 0.220 e. The van der Waals surface area contributed by atoms with E-state index in [1.807, 2.05) is 0 Å². The van der Waals surface area contributed by atoms with Crippen LogP contribution in [0.3, 0.4) is 0 Å². The first kappa shape index (κ1) is 12.5. The van der Waals surface area contributed by atoms with Crippen molar-refractivity contribution in [3.63, 3.8) is 0 Å². The minimum Gasteiger partial charge on any atom is -0.394 e. The molecule has 17 heavy (non-hydrogen) atoms.